The molecule has 4 heteroatoms. The predicted molar refractivity (Wildman–Crippen MR) is 102 cm³/mol. The van der Waals surface area contributed by atoms with Gasteiger partial charge in [-0.25, -0.2) is 0 Å². The van der Waals surface area contributed by atoms with Crippen LogP contribution in [0.5, 0.6) is 0 Å². The number of nitrogens with two attached hydrogens (primary N) is 1. The first kappa shape index (κ1) is 18.1. The minimum atomic E-state index is -0.365. The molecule has 0 radical (unpaired) electrons. The molecule has 2 rings (SSSR count). The Hall–Kier alpha value is -2.23. The van der Waals surface area contributed by atoms with E-state index in [1.54, 1.807) is 0 Å². The summed E-state index contributed by atoms with van der Waals surface area (Å²) in [6.07, 6.45) is 0. The fourth-order valence-corrected chi connectivity index (χ4v) is 3.17. The molecule has 2 N–H and O–H groups in total. The van der Waals surface area contributed by atoms with Crippen LogP contribution in [0.4, 0.5) is 5.69 Å². The Bertz CT molecular complexity index is 694. The number of rotatable bonds is 7. The standard InChI is InChI=1S/C20H29N3O/c1-6-22(7-2)17-10-8-16(9-11-17)19-12-18(20(21)24)15(5)23(19)13-14(3)4/h8-12,14H,6-7,13H2,1-5H3,(H2,21,24). The molecule has 1 aromatic heterocycles. The normalized spacial score (nSPS) is 11.1. The molecule has 0 bridgehead atoms. The van der Waals surface area contributed by atoms with Gasteiger partial charge in [0.15, 0.2) is 0 Å². The van der Waals surface area contributed by atoms with Crippen LogP contribution < -0.4 is 10.6 Å². The molecule has 0 saturated carbocycles. The lowest BCUT2D eigenvalue weighted by Gasteiger charge is -2.21. The SMILES string of the molecule is CCN(CC)c1ccc(-c2cc(C(N)=O)c(C)n2CC(C)C)cc1. The zero-order valence-electron chi connectivity index (χ0n) is 15.5. The molecule has 2 aromatic rings. The molecular formula is C20H29N3O. The van der Waals surface area contributed by atoms with Crippen molar-refractivity contribution in [3.63, 3.8) is 0 Å². The van der Waals surface area contributed by atoms with Crippen molar-refractivity contribution in [1.29, 1.82) is 0 Å². The first-order chi connectivity index (χ1) is 11.4. The number of benzene rings is 1. The molecule has 0 unspecified atom stereocenters. The summed E-state index contributed by atoms with van der Waals surface area (Å²) in [6.45, 7) is 13.5. The molecule has 0 aliphatic carbocycles. The highest BCUT2D eigenvalue weighted by molar-refractivity contribution is 5.95. The molecule has 0 spiro atoms. The molecule has 0 aliphatic heterocycles. The van der Waals surface area contributed by atoms with Gasteiger partial charge in [-0.05, 0) is 50.5 Å². The first-order valence-corrected chi connectivity index (χ1v) is 8.74. The average molecular weight is 327 g/mol. The molecule has 1 amide bonds. The number of aromatic nitrogens is 1. The van der Waals surface area contributed by atoms with Gasteiger partial charge in [-0.3, -0.25) is 4.79 Å². The van der Waals surface area contributed by atoms with Crippen LogP contribution in [0.2, 0.25) is 0 Å². The van der Waals surface area contributed by atoms with Gasteiger partial charge >= 0.3 is 0 Å². The Morgan fingerprint density at radius 1 is 1.17 bits per heavy atom. The van der Waals surface area contributed by atoms with Gasteiger partial charge in [0.05, 0.1) is 5.56 Å². The highest BCUT2D eigenvalue weighted by atomic mass is 16.1. The van der Waals surface area contributed by atoms with Crippen molar-refractivity contribution in [3.8, 4) is 11.3 Å². The fourth-order valence-electron chi connectivity index (χ4n) is 3.17. The van der Waals surface area contributed by atoms with Gasteiger partial charge in [-0.1, -0.05) is 26.0 Å². The van der Waals surface area contributed by atoms with Crippen LogP contribution in [0, 0.1) is 12.8 Å². The molecule has 1 aromatic carbocycles. The molecule has 130 valence electrons. The van der Waals surface area contributed by atoms with Gasteiger partial charge < -0.3 is 15.2 Å². The van der Waals surface area contributed by atoms with Crippen LogP contribution >= 0.6 is 0 Å². The summed E-state index contributed by atoms with van der Waals surface area (Å²) >= 11 is 0. The van der Waals surface area contributed by atoms with Crippen molar-refractivity contribution < 1.29 is 4.79 Å². The molecule has 0 saturated heterocycles. The Labute approximate surface area is 145 Å². The monoisotopic (exact) mass is 327 g/mol. The van der Waals surface area contributed by atoms with Gasteiger partial charge in [-0.15, -0.1) is 0 Å². The first-order valence-electron chi connectivity index (χ1n) is 8.74. The minimum Gasteiger partial charge on any atom is -0.372 e. The Morgan fingerprint density at radius 3 is 2.21 bits per heavy atom. The highest BCUT2D eigenvalue weighted by Gasteiger charge is 2.17. The Kier molecular flexibility index (Phi) is 5.71. The van der Waals surface area contributed by atoms with Crippen LogP contribution in [-0.2, 0) is 6.54 Å². The molecule has 0 fully saturated rings. The lowest BCUT2D eigenvalue weighted by atomic mass is 10.1. The number of amides is 1. The van der Waals surface area contributed by atoms with Crippen LogP contribution in [-0.4, -0.2) is 23.6 Å². The number of nitrogens with zero attached hydrogens (tertiary/aromatic N) is 2. The number of carbonyl (C=O) groups excluding carboxylic acids is 1. The molecule has 4 nitrogen and oxygen atoms in total. The largest absolute Gasteiger partial charge is 0.372 e. The second kappa shape index (κ2) is 7.56. The highest BCUT2D eigenvalue weighted by Crippen LogP contribution is 2.28. The number of anilines is 1. The molecule has 1 heterocycles. The third-order valence-corrected chi connectivity index (χ3v) is 4.47. The van der Waals surface area contributed by atoms with Crippen molar-refractivity contribution in [2.24, 2.45) is 11.7 Å². The van der Waals surface area contributed by atoms with E-state index in [0.29, 0.717) is 11.5 Å². The lowest BCUT2D eigenvalue weighted by Crippen LogP contribution is -2.21. The van der Waals surface area contributed by atoms with Gasteiger partial charge in [0.2, 0.25) is 0 Å². The molecular weight excluding hydrogens is 298 g/mol. The summed E-state index contributed by atoms with van der Waals surface area (Å²) in [5.74, 6) is 0.126. The summed E-state index contributed by atoms with van der Waals surface area (Å²) < 4.78 is 2.21. The zero-order valence-corrected chi connectivity index (χ0v) is 15.5. The van der Waals surface area contributed by atoms with Crippen LogP contribution in [0.25, 0.3) is 11.3 Å². The quantitative estimate of drug-likeness (QED) is 0.833. The van der Waals surface area contributed by atoms with Crippen molar-refractivity contribution in [2.75, 3.05) is 18.0 Å². The Balaban J connectivity index is 2.47. The molecule has 24 heavy (non-hydrogen) atoms. The fraction of sp³-hybridized carbons (Fsp3) is 0.450. The van der Waals surface area contributed by atoms with Crippen molar-refractivity contribution in [1.82, 2.24) is 4.57 Å². The summed E-state index contributed by atoms with van der Waals surface area (Å²) in [4.78, 5) is 14.0. The molecule has 0 aliphatic rings. The van der Waals surface area contributed by atoms with Gasteiger partial charge in [-0.2, -0.15) is 0 Å². The lowest BCUT2D eigenvalue weighted by molar-refractivity contribution is 0.0999. The van der Waals surface area contributed by atoms with E-state index in [4.69, 9.17) is 5.73 Å². The Morgan fingerprint density at radius 2 is 1.75 bits per heavy atom. The van der Waals surface area contributed by atoms with Crippen LogP contribution in [0.3, 0.4) is 0 Å². The van der Waals surface area contributed by atoms with E-state index in [2.05, 4.69) is 61.4 Å². The van der Waals surface area contributed by atoms with E-state index in [1.807, 2.05) is 13.0 Å². The van der Waals surface area contributed by atoms with Gasteiger partial charge in [0, 0.05) is 36.7 Å². The van der Waals surface area contributed by atoms with Gasteiger partial charge in [0.1, 0.15) is 0 Å². The topological polar surface area (TPSA) is 51.3 Å². The third kappa shape index (κ3) is 3.64. The summed E-state index contributed by atoms with van der Waals surface area (Å²) in [5.41, 5.74) is 10.5. The van der Waals surface area contributed by atoms with E-state index in [-0.39, 0.29) is 5.91 Å². The predicted octanol–water partition coefficient (Wildman–Crippen LogP) is 4.06. The summed E-state index contributed by atoms with van der Waals surface area (Å²) in [6, 6.07) is 10.5. The summed E-state index contributed by atoms with van der Waals surface area (Å²) in [5, 5.41) is 0. The van der Waals surface area contributed by atoms with Crippen LogP contribution in [0.1, 0.15) is 43.7 Å². The molecule has 0 atom stereocenters. The smallest absolute Gasteiger partial charge is 0.250 e. The number of carbonyl (C=O) groups is 1. The number of hydrogen-bond acceptors (Lipinski definition) is 2. The van der Waals surface area contributed by atoms with Crippen molar-refractivity contribution in [3.05, 3.63) is 41.6 Å². The maximum Gasteiger partial charge on any atom is 0.250 e. The van der Waals surface area contributed by atoms with E-state index < -0.39 is 0 Å². The van der Waals surface area contributed by atoms with Crippen LogP contribution in [0.15, 0.2) is 30.3 Å². The third-order valence-electron chi connectivity index (χ3n) is 4.47. The maximum absolute atomic E-state index is 11.7. The minimum absolute atomic E-state index is 0.365. The summed E-state index contributed by atoms with van der Waals surface area (Å²) in [7, 11) is 0. The number of hydrogen-bond donors (Lipinski definition) is 1. The maximum atomic E-state index is 11.7. The second-order valence-electron chi connectivity index (χ2n) is 6.62. The van der Waals surface area contributed by atoms with E-state index >= 15 is 0 Å². The number of primary amides is 1. The van der Waals surface area contributed by atoms with E-state index in [9.17, 15) is 4.79 Å². The van der Waals surface area contributed by atoms with Crippen molar-refractivity contribution in [2.45, 2.75) is 41.2 Å². The second-order valence-corrected chi connectivity index (χ2v) is 6.62. The van der Waals surface area contributed by atoms with Gasteiger partial charge in [0.25, 0.3) is 5.91 Å². The van der Waals surface area contributed by atoms with E-state index in [1.165, 1.54) is 5.69 Å². The average Bonchev–Trinajstić information content (AvgIpc) is 2.86. The van der Waals surface area contributed by atoms with Crippen molar-refractivity contribution >= 4 is 11.6 Å². The van der Waals surface area contributed by atoms with E-state index in [0.717, 1.165) is 36.6 Å². The zero-order chi connectivity index (χ0) is 17.9.